The summed E-state index contributed by atoms with van der Waals surface area (Å²) in [5, 5.41) is 10.00. The molecule has 5 nitrogen and oxygen atoms in total. The largest absolute Gasteiger partial charge is 0.481 e. The Labute approximate surface area is 142 Å². The first-order chi connectivity index (χ1) is 11.9. The van der Waals surface area contributed by atoms with Gasteiger partial charge in [-0.2, -0.15) is 0 Å². The summed E-state index contributed by atoms with van der Waals surface area (Å²) in [7, 11) is 1.83. The summed E-state index contributed by atoms with van der Waals surface area (Å²) in [5.74, 6) is -1.40. The van der Waals surface area contributed by atoms with E-state index in [0.717, 1.165) is 16.5 Å². The maximum absolute atomic E-state index is 13.5. The van der Waals surface area contributed by atoms with Crippen LogP contribution in [0.25, 0.3) is 33.5 Å². The Balaban J connectivity index is 1.86. The summed E-state index contributed by atoms with van der Waals surface area (Å²) < 4.78 is 21.2. The maximum Gasteiger partial charge on any atom is 0.310 e. The van der Waals surface area contributed by atoms with Gasteiger partial charge in [0.1, 0.15) is 11.3 Å². The number of oxazole rings is 1. The fourth-order valence-corrected chi connectivity index (χ4v) is 3.00. The molecule has 1 unspecified atom stereocenters. The van der Waals surface area contributed by atoms with Gasteiger partial charge in [0, 0.05) is 18.6 Å². The molecule has 2 aromatic carbocycles. The minimum absolute atomic E-state index is 0.301. The molecule has 0 radical (unpaired) electrons. The molecule has 0 saturated heterocycles. The number of benzene rings is 2. The van der Waals surface area contributed by atoms with Crippen LogP contribution in [0.15, 0.2) is 47.0 Å². The smallest absolute Gasteiger partial charge is 0.310 e. The van der Waals surface area contributed by atoms with Crippen LogP contribution in [0.1, 0.15) is 18.4 Å². The Morgan fingerprint density at radius 1 is 1.28 bits per heavy atom. The van der Waals surface area contributed by atoms with Gasteiger partial charge in [0.05, 0.1) is 17.0 Å². The summed E-state index contributed by atoms with van der Waals surface area (Å²) >= 11 is 0. The molecule has 1 atom stereocenters. The van der Waals surface area contributed by atoms with Gasteiger partial charge in [0.2, 0.25) is 5.89 Å². The number of rotatable bonds is 3. The summed E-state index contributed by atoms with van der Waals surface area (Å²) in [6.45, 7) is 1.63. The van der Waals surface area contributed by atoms with Gasteiger partial charge < -0.3 is 14.1 Å². The van der Waals surface area contributed by atoms with Gasteiger partial charge >= 0.3 is 5.97 Å². The van der Waals surface area contributed by atoms with E-state index in [0.29, 0.717) is 22.6 Å². The third kappa shape index (κ3) is 2.46. The number of nitrogens with zero attached hydrogens (tertiary/aromatic N) is 2. The van der Waals surface area contributed by atoms with Crippen LogP contribution in [-0.4, -0.2) is 20.6 Å². The summed E-state index contributed by atoms with van der Waals surface area (Å²) in [4.78, 5) is 15.7. The van der Waals surface area contributed by atoms with Crippen molar-refractivity contribution in [2.75, 3.05) is 0 Å². The highest BCUT2D eigenvalue weighted by molar-refractivity contribution is 5.95. The fraction of sp³-hybridized carbons (Fsp3) is 0.158. The lowest BCUT2D eigenvalue weighted by atomic mass is 10.0. The van der Waals surface area contributed by atoms with Crippen LogP contribution in [0.4, 0.5) is 4.39 Å². The minimum Gasteiger partial charge on any atom is -0.481 e. The number of hydrogen-bond acceptors (Lipinski definition) is 3. The number of carboxylic acids is 1. The molecule has 1 N–H and O–H groups in total. The maximum atomic E-state index is 13.5. The third-order valence-corrected chi connectivity index (χ3v) is 4.47. The van der Waals surface area contributed by atoms with Gasteiger partial charge in [-0.25, -0.2) is 9.37 Å². The number of carbonyl (C=O) groups is 1. The highest BCUT2D eigenvalue weighted by Crippen LogP contribution is 2.33. The Hall–Kier alpha value is -3.15. The second kappa shape index (κ2) is 5.44. The molecule has 6 heteroatoms. The predicted molar refractivity (Wildman–Crippen MR) is 91.9 cm³/mol. The zero-order valence-electron chi connectivity index (χ0n) is 13.7. The number of fused-ring (bicyclic) bond motifs is 2. The molecule has 0 saturated carbocycles. The Bertz CT molecular complexity index is 1130. The van der Waals surface area contributed by atoms with E-state index in [4.69, 9.17) is 9.52 Å². The van der Waals surface area contributed by atoms with Crippen molar-refractivity contribution in [3.05, 3.63) is 54.0 Å². The topological polar surface area (TPSA) is 68.3 Å². The molecule has 126 valence electrons. The molecule has 0 fully saturated rings. The van der Waals surface area contributed by atoms with E-state index in [1.165, 1.54) is 12.1 Å². The highest BCUT2D eigenvalue weighted by Gasteiger charge is 2.18. The number of carboxylic acid groups (broad SMARTS) is 1. The molecule has 2 aromatic heterocycles. The van der Waals surface area contributed by atoms with Crippen LogP contribution in [0.5, 0.6) is 0 Å². The Morgan fingerprint density at radius 3 is 2.84 bits per heavy atom. The highest BCUT2D eigenvalue weighted by atomic mass is 19.1. The standard InChI is InChI=1S/C19H15FN2O3/c1-10(19(23)24)11-3-6-15-17(7-11)25-18(21-15)14-9-22(2)16-8-12(20)4-5-13(14)16/h3-10H,1-2H3,(H,23,24). The monoisotopic (exact) mass is 338 g/mol. The van der Waals surface area contributed by atoms with E-state index in [2.05, 4.69) is 4.98 Å². The first-order valence-corrected chi connectivity index (χ1v) is 7.82. The van der Waals surface area contributed by atoms with Crippen molar-refractivity contribution in [3.8, 4) is 11.5 Å². The van der Waals surface area contributed by atoms with Crippen molar-refractivity contribution < 1.29 is 18.7 Å². The molecule has 4 aromatic rings. The average molecular weight is 338 g/mol. The van der Waals surface area contributed by atoms with Gasteiger partial charge in [-0.3, -0.25) is 4.79 Å². The molecule has 0 aliphatic rings. The molecule has 4 rings (SSSR count). The predicted octanol–water partition coefficient (Wildman–Crippen LogP) is 4.31. The van der Waals surface area contributed by atoms with Gasteiger partial charge in [-0.15, -0.1) is 0 Å². The molecule has 0 amide bonds. The van der Waals surface area contributed by atoms with E-state index in [-0.39, 0.29) is 5.82 Å². The fourth-order valence-electron chi connectivity index (χ4n) is 3.00. The van der Waals surface area contributed by atoms with Crippen LogP contribution in [0.2, 0.25) is 0 Å². The normalized spacial score (nSPS) is 12.8. The van der Waals surface area contributed by atoms with Gasteiger partial charge in [-0.05, 0) is 42.8 Å². The minimum atomic E-state index is -0.893. The first kappa shape index (κ1) is 15.4. The molecule has 25 heavy (non-hydrogen) atoms. The molecular formula is C19H15FN2O3. The van der Waals surface area contributed by atoms with E-state index in [9.17, 15) is 9.18 Å². The van der Waals surface area contributed by atoms with E-state index in [1.54, 1.807) is 31.2 Å². The van der Waals surface area contributed by atoms with Crippen LogP contribution < -0.4 is 0 Å². The lowest BCUT2D eigenvalue weighted by molar-refractivity contribution is -0.138. The Kier molecular flexibility index (Phi) is 3.35. The van der Waals surface area contributed by atoms with Crippen LogP contribution in [0, 0.1) is 5.82 Å². The Morgan fingerprint density at radius 2 is 2.08 bits per heavy atom. The zero-order valence-corrected chi connectivity index (χ0v) is 13.7. The lowest BCUT2D eigenvalue weighted by Gasteiger charge is -2.04. The van der Waals surface area contributed by atoms with Crippen molar-refractivity contribution in [1.29, 1.82) is 0 Å². The van der Waals surface area contributed by atoms with E-state index >= 15 is 0 Å². The first-order valence-electron chi connectivity index (χ1n) is 7.82. The summed E-state index contributed by atoms with van der Waals surface area (Å²) in [6.07, 6.45) is 1.84. The molecule has 0 spiro atoms. The van der Waals surface area contributed by atoms with Crippen molar-refractivity contribution >= 4 is 28.0 Å². The van der Waals surface area contributed by atoms with Crippen molar-refractivity contribution in [3.63, 3.8) is 0 Å². The lowest BCUT2D eigenvalue weighted by Crippen LogP contribution is -2.06. The molecular weight excluding hydrogens is 323 g/mol. The molecule has 0 aliphatic heterocycles. The molecule has 0 bridgehead atoms. The van der Waals surface area contributed by atoms with E-state index < -0.39 is 11.9 Å². The molecule has 0 aliphatic carbocycles. The third-order valence-electron chi connectivity index (χ3n) is 4.47. The number of aliphatic carboxylic acids is 1. The summed E-state index contributed by atoms with van der Waals surface area (Å²) in [6, 6.07) is 9.77. The quantitative estimate of drug-likeness (QED) is 0.604. The number of aryl methyl sites for hydroxylation is 1. The number of halogens is 1. The average Bonchev–Trinajstić information content (AvgIpc) is 3.14. The number of aromatic nitrogens is 2. The van der Waals surface area contributed by atoms with Crippen molar-refractivity contribution in [2.45, 2.75) is 12.8 Å². The second-order valence-corrected chi connectivity index (χ2v) is 6.12. The van der Waals surface area contributed by atoms with Crippen LogP contribution in [0.3, 0.4) is 0 Å². The zero-order chi connectivity index (χ0) is 17.7. The van der Waals surface area contributed by atoms with Gasteiger partial charge in [0.15, 0.2) is 5.58 Å². The summed E-state index contributed by atoms with van der Waals surface area (Å²) in [5.41, 5.74) is 3.34. The SMILES string of the molecule is CC(C(=O)O)c1ccc2nc(-c3cn(C)c4cc(F)ccc34)oc2c1. The van der Waals surface area contributed by atoms with Gasteiger partial charge in [0.25, 0.3) is 0 Å². The second-order valence-electron chi connectivity index (χ2n) is 6.12. The van der Waals surface area contributed by atoms with Crippen LogP contribution in [-0.2, 0) is 11.8 Å². The molecule has 2 heterocycles. The van der Waals surface area contributed by atoms with Crippen molar-refractivity contribution in [2.24, 2.45) is 7.05 Å². The van der Waals surface area contributed by atoms with Gasteiger partial charge in [-0.1, -0.05) is 6.07 Å². The van der Waals surface area contributed by atoms with E-state index in [1.807, 2.05) is 17.8 Å². The van der Waals surface area contributed by atoms with Crippen molar-refractivity contribution in [1.82, 2.24) is 9.55 Å². The van der Waals surface area contributed by atoms with Crippen LogP contribution >= 0.6 is 0 Å². The number of hydrogen-bond donors (Lipinski definition) is 1.